The lowest BCUT2D eigenvalue weighted by atomic mass is 9.92. The minimum atomic E-state index is 0.539. The maximum Gasteiger partial charge on any atom is 0.0109 e. The summed E-state index contributed by atoms with van der Waals surface area (Å²) in [5.41, 5.74) is 8.32. The van der Waals surface area contributed by atoms with E-state index in [2.05, 4.69) is 62.4 Å². The molecule has 2 aromatic carbocycles. The van der Waals surface area contributed by atoms with Crippen LogP contribution in [0.4, 0.5) is 0 Å². The molecule has 0 aliphatic heterocycles. The smallest absolute Gasteiger partial charge is 0.0109 e. The molecule has 2 rings (SSSR count). The van der Waals surface area contributed by atoms with Crippen molar-refractivity contribution >= 4 is 10.8 Å². The third-order valence-corrected chi connectivity index (χ3v) is 3.44. The van der Waals surface area contributed by atoms with Crippen molar-refractivity contribution in [3.63, 3.8) is 0 Å². The molecule has 0 aliphatic rings. The van der Waals surface area contributed by atoms with Crippen LogP contribution in [0.5, 0.6) is 0 Å². The summed E-state index contributed by atoms with van der Waals surface area (Å²) in [5.74, 6) is 0.539. The van der Waals surface area contributed by atoms with Gasteiger partial charge >= 0.3 is 0 Å². The summed E-state index contributed by atoms with van der Waals surface area (Å²) in [6, 6.07) is 15.3. The van der Waals surface area contributed by atoms with Crippen LogP contribution < -0.4 is 5.73 Å². The zero-order valence-corrected chi connectivity index (χ0v) is 11.2. The van der Waals surface area contributed by atoms with Crippen LogP contribution in [-0.2, 0) is 0 Å². The van der Waals surface area contributed by atoms with Crippen LogP contribution >= 0.6 is 0 Å². The Labute approximate surface area is 109 Å². The Kier molecular flexibility index (Phi) is 4.16. The molecule has 18 heavy (non-hydrogen) atoms. The average molecular weight is 239 g/mol. The fourth-order valence-corrected chi connectivity index (χ4v) is 2.40. The van der Waals surface area contributed by atoms with Crippen LogP contribution in [0, 0.1) is 0 Å². The van der Waals surface area contributed by atoms with Gasteiger partial charge in [-0.3, -0.25) is 0 Å². The van der Waals surface area contributed by atoms with Gasteiger partial charge in [0, 0.05) is 6.54 Å². The number of hydrogen-bond donors (Lipinski definition) is 1. The fourth-order valence-electron chi connectivity index (χ4n) is 2.40. The summed E-state index contributed by atoms with van der Waals surface area (Å²) in [6.07, 6.45) is 3.19. The van der Waals surface area contributed by atoms with E-state index in [1.165, 1.54) is 21.9 Å². The first-order chi connectivity index (χ1) is 8.70. The van der Waals surface area contributed by atoms with E-state index in [-0.39, 0.29) is 0 Å². The quantitative estimate of drug-likeness (QED) is 0.793. The van der Waals surface area contributed by atoms with Crippen molar-refractivity contribution in [2.45, 2.75) is 26.2 Å². The van der Waals surface area contributed by atoms with Gasteiger partial charge < -0.3 is 5.73 Å². The van der Waals surface area contributed by atoms with Gasteiger partial charge in [-0.05, 0) is 35.6 Å². The SMILES string of the molecule is CC(=CCN)CC(C)c1ccc2ccccc2c1. The highest BCUT2D eigenvalue weighted by Crippen LogP contribution is 2.26. The Morgan fingerprint density at radius 3 is 2.61 bits per heavy atom. The molecule has 0 aromatic heterocycles. The largest absolute Gasteiger partial charge is 0.327 e. The first kappa shape index (κ1) is 12.8. The van der Waals surface area contributed by atoms with Crippen LogP contribution in [0.2, 0.25) is 0 Å². The van der Waals surface area contributed by atoms with E-state index in [9.17, 15) is 0 Å². The van der Waals surface area contributed by atoms with Crippen molar-refractivity contribution in [3.05, 3.63) is 59.7 Å². The van der Waals surface area contributed by atoms with Crippen LogP contribution in [0.3, 0.4) is 0 Å². The van der Waals surface area contributed by atoms with Gasteiger partial charge in [0.25, 0.3) is 0 Å². The van der Waals surface area contributed by atoms with Crippen LogP contribution in [0.25, 0.3) is 10.8 Å². The van der Waals surface area contributed by atoms with Gasteiger partial charge in [-0.15, -0.1) is 0 Å². The molecule has 94 valence electrons. The number of nitrogens with two attached hydrogens (primary N) is 1. The van der Waals surface area contributed by atoms with Crippen molar-refractivity contribution in [3.8, 4) is 0 Å². The van der Waals surface area contributed by atoms with Gasteiger partial charge in [0.2, 0.25) is 0 Å². The number of fused-ring (bicyclic) bond motifs is 1. The minimum Gasteiger partial charge on any atom is -0.327 e. The molecule has 0 saturated heterocycles. The van der Waals surface area contributed by atoms with Gasteiger partial charge in [0.15, 0.2) is 0 Å². The van der Waals surface area contributed by atoms with Gasteiger partial charge in [0.05, 0.1) is 0 Å². The van der Waals surface area contributed by atoms with Crippen LogP contribution in [0.1, 0.15) is 31.7 Å². The average Bonchev–Trinajstić information content (AvgIpc) is 2.38. The summed E-state index contributed by atoms with van der Waals surface area (Å²) < 4.78 is 0. The Bertz CT molecular complexity index is 554. The molecule has 1 heteroatoms. The van der Waals surface area contributed by atoms with Crippen LogP contribution in [0.15, 0.2) is 54.1 Å². The summed E-state index contributed by atoms with van der Waals surface area (Å²) >= 11 is 0. The molecule has 2 aromatic rings. The fraction of sp³-hybridized carbons (Fsp3) is 0.294. The topological polar surface area (TPSA) is 26.0 Å². The summed E-state index contributed by atoms with van der Waals surface area (Å²) in [7, 11) is 0. The maximum absolute atomic E-state index is 5.54. The molecule has 1 unspecified atom stereocenters. The van der Waals surface area contributed by atoms with E-state index in [0.717, 1.165) is 6.42 Å². The highest BCUT2D eigenvalue weighted by Gasteiger charge is 2.06. The van der Waals surface area contributed by atoms with Gasteiger partial charge in [-0.25, -0.2) is 0 Å². The van der Waals surface area contributed by atoms with Crippen molar-refractivity contribution < 1.29 is 0 Å². The monoisotopic (exact) mass is 239 g/mol. The van der Waals surface area contributed by atoms with E-state index in [0.29, 0.717) is 12.5 Å². The summed E-state index contributed by atoms with van der Waals surface area (Å²) in [5, 5.41) is 2.63. The molecule has 0 spiro atoms. The normalized spacial score (nSPS) is 13.8. The van der Waals surface area contributed by atoms with E-state index in [1.807, 2.05) is 0 Å². The third-order valence-electron chi connectivity index (χ3n) is 3.44. The molecule has 0 amide bonds. The van der Waals surface area contributed by atoms with Gasteiger partial charge in [-0.2, -0.15) is 0 Å². The molecule has 0 heterocycles. The standard InChI is InChI=1S/C17H21N/c1-13(9-10-18)11-14(2)16-8-7-15-5-3-4-6-17(15)12-16/h3-9,12,14H,10-11,18H2,1-2H3. The lowest BCUT2D eigenvalue weighted by Gasteiger charge is -2.13. The van der Waals surface area contributed by atoms with Crippen molar-refractivity contribution in [1.29, 1.82) is 0 Å². The van der Waals surface area contributed by atoms with Gasteiger partial charge in [0.1, 0.15) is 0 Å². The molecular formula is C17H21N. The summed E-state index contributed by atoms with van der Waals surface area (Å²) in [6.45, 7) is 5.07. The first-order valence-corrected chi connectivity index (χ1v) is 6.55. The molecule has 0 fully saturated rings. The molecule has 0 bridgehead atoms. The Balaban J connectivity index is 2.22. The van der Waals surface area contributed by atoms with E-state index >= 15 is 0 Å². The highest BCUT2D eigenvalue weighted by molar-refractivity contribution is 5.83. The highest BCUT2D eigenvalue weighted by atomic mass is 14.5. The Hall–Kier alpha value is -1.60. The van der Waals surface area contributed by atoms with E-state index < -0.39 is 0 Å². The number of allylic oxidation sites excluding steroid dienone is 1. The third kappa shape index (κ3) is 2.99. The first-order valence-electron chi connectivity index (χ1n) is 6.55. The number of hydrogen-bond acceptors (Lipinski definition) is 1. The van der Waals surface area contributed by atoms with Gasteiger partial charge in [-0.1, -0.05) is 61.0 Å². The molecule has 2 N–H and O–H groups in total. The van der Waals surface area contributed by atoms with E-state index in [4.69, 9.17) is 5.73 Å². The van der Waals surface area contributed by atoms with Crippen LogP contribution in [-0.4, -0.2) is 6.54 Å². The van der Waals surface area contributed by atoms with Crippen molar-refractivity contribution in [1.82, 2.24) is 0 Å². The second kappa shape index (κ2) is 5.83. The second-order valence-electron chi connectivity index (χ2n) is 5.00. The van der Waals surface area contributed by atoms with E-state index in [1.54, 1.807) is 0 Å². The molecule has 1 atom stereocenters. The van der Waals surface area contributed by atoms with Crippen molar-refractivity contribution in [2.24, 2.45) is 5.73 Å². The zero-order chi connectivity index (χ0) is 13.0. The Morgan fingerprint density at radius 1 is 1.17 bits per heavy atom. The maximum atomic E-state index is 5.54. The molecular weight excluding hydrogens is 218 g/mol. The molecule has 0 saturated carbocycles. The Morgan fingerprint density at radius 2 is 1.89 bits per heavy atom. The summed E-state index contributed by atoms with van der Waals surface area (Å²) in [4.78, 5) is 0. The predicted molar refractivity (Wildman–Crippen MR) is 79.8 cm³/mol. The minimum absolute atomic E-state index is 0.539. The number of rotatable bonds is 4. The molecule has 0 aliphatic carbocycles. The lowest BCUT2D eigenvalue weighted by molar-refractivity contribution is 0.750. The predicted octanol–water partition coefficient (Wildman–Crippen LogP) is 4.24. The number of benzene rings is 2. The van der Waals surface area contributed by atoms with Crippen molar-refractivity contribution in [2.75, 3.05) is 6.54 Å². The molecule has 1 nitrogen and oxygen atoms in total. The zero-order valence-electron chi connectivity index (χ0n) is 11.2. The second-order valence-corrected chi connectivity index (χ2v) is 5.00. The molecule has 0 radical (unpaired) electrons. The lowest BCUT2D eigenvalue weighted by Crippen LogP contribution is -1.98.